The van der Waals surface area contributed by atoms with Crippen LogP contribution in [0.15, 0.2) is 58.7 Å². The largest absolute Gasteiger partial charge is 0.328 e. The van der Waals surface area contributed by atoms with Gasteiger partial charge in [0.2, 0.25) is 0 Å². The van der Waals surface area contributed by atoms with E-state index in [1.165, 1.54) is 23.3 Å². The number of H-pyrrole nitrogens is 1. The zero-order valence-electron chi connectivity index (χ0n) is 13.5. The highest BCUT2D eigenvalue weighted by atomic mass is 32.1. The van der Waals surface area contributed by atoms with Gasteiger partial charge in [0.25, 0.3) is 11.5 Å². The number of nitrogens with zero attached hydrogens (tertiary/aromatic N) is 2. The number of rotatable bonds is 4. The molecule has 25 heavy (non-hydrogen) atoms. The molecular weight excluding hydrogens is 334 g/mol. The van der Waals surface area contributed by atoms with Crippen molar-refractivity contribution in [2.45, 2.75) is 25.4 Å². The Kier molecular flexibility index (Phi) is 4.19. The van der Waals surface area contributed by atoms with Crippen LogP contribution < -0.4 is 5.56 Å². The lowest BCUT2D eigenvalue weighted by Gasteiger charge is -2.28. The van der Waals surface area contributed by atoms with Crippen LogP contribution in [0.2, 0.25) is 0 Å². The molecule has 4 rings (SSSR count). The summed E-state index contributed by atoms with van der Waals surface area (Å²) in [7, 11) is 0. The van der Waals surface area contributed by atoms with Crippen LogP contribution in [-0.2, 0) is 19.4 Å². The van der Waals surface area contributed by atoms with Gasteiger partial charge < -0.3 is 4.90 Å². The first-order chi connectivity index (χ1) is 12.2. The first-order valence-corrected chi connectivity index (χ1v) is 9.04. The van der Waals surface area contributed by atoms with Gasteiger partial charge in [-0.15, -0.1) is 11.3 Å². The Morgan fingerprint density at radius 2 is 1.88 bits per heavy atom. The van der Waals surface area contributed by atoms with E-state index in [9.17, 15) is 9.59 Å². The quantitative estimate of drug-likeness (QED) is 0.786. The number of amides is 1. The van der Waals surface area contributed by atoms with Crippen molar-refractivity contribution in [3.05, 3.63) is 86.0 Å². The number of carbonyl (C=O) groups is 1. The molecule has 0 fully saturated rings. The number of hydrogen-bond acceptors (Lipinski definition) is 4. The maximum absolute atomic E-state index is 13.1. The molecule has 1 aliphatic carbocycles. The van der Waals surface area contributed by atoms with Gasteiger partial charge in [0.1, 0.15) is 5.69 Å². The van der Waals surface area contributed by atoms with Crippen molar-refractivity contribution in [2.75, 3.05) is 0 Å². The summed E-state index contributed by atoms with van der Waals surface area (Å²) in [5.74, 6) is -0.151. The summed E-state index contributed by atoms with van der Waals surface area (Å²) in [6.07, 6.45) is 1.69. The summed E-state index contributed by atoms with van der Waals surface area (Å²) in [6, 6.07) is 15.3. The normalized spacial score (nSPS) is 13.6. The van der Waals surface area contributed by atoms with Gasteiger partial charge in [0, 0.05) is 17.0 Å². The van der Waals surface area contributed by atoms with Gasteiger partial charge in [0.15, 0.2) is 0 Å². The lowest BCUT2D eigenvalue weighted by molar-refractivity contribution is 0.0662. The van der Waals surface area contributed by atoms with Gasteiger partial charge in [-0.25, -0.2) is 5.10 Å². The van der Waals surface area contributed by atoms with Crippen molar-refractivity contribution < 1.29 is 4.79 Å². The van der Waals surface area contributed by atoms with E-state index in [0.29, 0.717) is 6.54 Å². The summed E-state index contributed by atoms with van der Waals surface area (Å²) in [5, 5.41) is 8.29. The molecule has 6 heteroatoms. The molecule has 1 aromatic carbocycles. The lowest BCUT2D eigenvalue weighted by atomic mass is 10.1. The number of aromatic amines is 1. The standard InChI is InChI=1S/C19H17N3O2S/c23-18-8-7-17(20-21-18)19(24)22(12-16-6-3-9-25-16)15-10-13-4-1-2-5-14(13)11-15/h1-9,15H,10-12H2,(H,21,23). The van der Waals surface area contributed by atoms with Gasteiger partial charge >= 0.3 is 0 Å². The Morgan fingerprint density at radius 1 is 1.12 bits per heavy atom. The first-order valence-electron chi connectivity index (χ1n) is 8.16. The predicted molar refractivity (Wildman–Crippen MR) is 96.7 cm³/mol. The second-order valence-electron chi connectivity index (χ2n) is 6.15. The minimum atomic E-state index is -0.311. The van der Waals surface area contributed by atoms with Crippen LogP contribution in [0.5, 0.6) is 0 Å². The molecule has 1 amide bonds. The lowest BCUT2D eigenvalue weighted by Crippen LogP contribution is -2.41. The second kappa shape index (κ2) is 6.64. The molecule has 126 valence electrons. The number of carbonyl (C=O) groups excluding carboxylic acids is 1. The molecule has 0 saturated carbocycles. The molecule has 1 N–H and O–H groups in total. The number of hydrogen-bond donors (Lipinski definition) is 1. The van der Waals surface area contributed by atoms with E-state index in [0.717, 1.165) is 17.7 Å². The maximum Gasteiger partial charge on any atom is 0.274 e. The molecule has 1 aliphatic rings. The molecule has 3 aromatic rings. The van der Waals surface area contributed by atoms with Crippen LogP contribution in [0.4, 0.5) is 0 Å². The van der Waals surface area contributed by atoms with Crippen molar-refractivity contribution in [3.8, 4) is 0 Å². The minimum absolute atomic E-state index is 0.0979. The number of aromatic nitrogens is 2. The Bertz CT molecular complexity index is 904. The average molecular weight is 351 g/mol. The van der Waals surface area contributed by atoms with Crippen LogP contribution in [0.1, 0.15) is 26.5 Å². The smallest absolute Gasteiger partial charge is 0.274 e. The van der Waals surface area contributed by atoms with Crippen LogP contribution in [0, 0.1) is 0 Å². The van der Waals surface area contributed by atoms with Crippen LogP contribution >= 0.6 is 11.3 Å². The second-order valence-corrected chi connectivity index (χ2v) is 7.18. The van der Waals surface area contributed by atoms with E-state index in [-0.39, 0.29) is 23.2 Å². The number of fused-ring (bicyclic) bond motifs is 1. The highest BCUT2D eigenvalue weighted by Crippen LogP contribution is 2.28. The van der Waals surface area contributed by atoms with Crippen LogP contribution in [-0.4, -0.2) is 27.0 Å². The van der Waals surface area contributed by atoms with E-state index < -0.39 is 0 Å². The fourth-order valence-corrected chi connectivity index (χ4v) is 4.01. The molecule has 2 aromatic heterocycles. The van der Waals surface area contributed by atoms with Crippen molar-refractivity contribution in [1.29, 1.82) is 0 Å². The van der Waals surface area contributed by atoms with Crippen LogP contribution in [0.3, 0.4) is 0 Å². The van der Waals surface area contributed by atoms with Crippen molar-refractivity contribution in [2.24, 2.45) is 0 Å². The number of nitrogens with one attached hydrogen (secondary N) is 1. The van der Waals surface area contributed by atoms with Gasteiger partial charge in [-0.2, -0.15) is 5.10 Å². The third kappa shape index (κ3) is 3.25. The van der Waals surface area contributed by atoms with Gasteiger partial charge in [0.05, 0.1) is 6.54 Å². The molecule has 0 atom stereocenters. The molecule has 0 bridgehead atoms. The molecule has 0 radical (unpaired) electrons. The zero-order chi connectivity index (χ0) is 17.2. The predicted octanol–water partition coefficient (Wildman–Crippen LogP) is 2.64. The third-order valence-electron chi connectivity index (χ3n) is 4.54. The van der Waals surface area contributed by atoms with Crippen molar-refractivity contribution in [3.63, 3.8) is 0 Å². The van der Waals surface area contributed by atoms with E-state index in [1.54, 1.807) is 11.3 Å². The van der Waals surface area contributed by atoms with Crippen molar-refractivity contribution >= 4 is 17.2 Å². The number of thiophene rings is 1. The fraction of sp³-hybridized carbons (Fsp3) is 0.211. The van der Waals surface area contributed by atoms with E-state index in [4.69, 9.17) is 0 Å². The van der Waals surface area contributed by atoms with E-state index in [1.807, 2.05) is 34.5 Å². The van der Waals surface area contributed by atoms with Gasteiger partial charge in [-0.3, -0.25) is 9.59 Å². The highest BCUT2D eigenvalue weighted by Gasteiger charge is 2.31. The fourth-order valence-electron chi connectivity index (χ4n) is 3.30. The molecule has 0 saturated heterocycles. The monoisotopic (exact) mass is 351 g/mol. The topological polar surface area (TPSA) is 66.1 Å². The van der Waals surface area contributed by atoms with E-state index >= 15 is 0 Å². The summed E-state index contributed by atoms with van der Waals surface area (Å²) in [5.41, 5.74) is 2.55. The molecule has 0 unspecified atom stereocenters. The SMILES string of the molecule is O=C(c1ccc(=O)[nH]n1)N(Cc1cccs1)C1Cc2ccccc2C1. The Hall–Kier alpha value is -2.73. The van der Waals surface area contributed by atoms with Crippen LogP contribution in [0.25, 0.3) is 0 Å². The van der Waals surface area contributed by atoms with Gasteiger partial charge in [-0.05, 0) is 41.5 Å². The van der Waals surface area contributed by atoms with Gasteiger partial charge in [-0.1, -0.05) is 30.3 Å². The van der Waals surface area contributed by atoms with Crippen molar-refractivity contribution in [1.82, 2.24) is 15.1 Å². The average Bonchev–Trinajstić information content (AvgIpc) is 3.29. The Morgan fingerprint density at radius 3 is 2.48 bits per heavy atom. The minimum Gasteiger partial charge on any atom is -0.328 e. The first kappa shape index (κ1) is 15.8. The molecule has 5 nitrogen and oxygen atoms in total. The Labute approximate surface area is 148 Å². The highest BCUT2D eigenvalue weighted by molar-refractivity contribution is 7.09. The number of benzene rings is 1. The summed E-state index contributed by atoms with van der Waals surface area (Å²) in [4.78, 5) is 27.3. The summed E-state index contributed by atoms with van der Waals surface area (Å²) >= 11 is 1.64. The molecule has 0 aliphatic heterocycles. The van der Waals surface area contributed by atoms with E-state index in [2.05, 4.69) is 22.3 Å². The summed E-state index contributed by atoms with van der Waals surface area (Å²) < 4.78 is 0. The maximum atomic E-state index is 13.1. The zero-order valence-corrected chi connectivity index (χ0v) is 14.3. The third-order valence-corrected chi connectivity index (χ3v) is 5.40. The molecule has 2 heterocycles. The Balaban J connectivity index is 1.64. The summed E-state index contributed by atoms with van der Waals surface area (Å²) in [6.45, 7) is 0.552. The molecule has 0 spiro atoms. The molecular formula is C19H17N3O2S.